The maximum Gasteiger partial charge on any atom is 0.161 e. The maximum absolute atomic E-state index is 12.9. The van der Waals surface area contributed by atoms with Gasteiger partial charge in [-0.3, -0.25) is 0 Å². The molecule has 0 aliphatic carbocycles. The fraction of sp³-hybridized carbons (Fsp3) is 0.200. The Labute approximate surface area is 116 Å². The highest BCUT2D eigenvalue weighted by Crippen LogP contribution is 2.29. The van der Waals surface area contributed by atoms with Gasteiger partial charge in [-0.05, 0) is 29.8 Å². The van der Waals surface area contributed by atoms with E-state index in [9.17, 15) is 4.39 Å². The summed E-state index contributed by atoms with van der Waals surface area (Å²) < 4.78 is 23.8. The van der Waals surface area contributed by atoms with Crippen LogP contribution in [-0.2, 0) is 13.2 Å². The Bertz CT molecular complexity index is 602. The summed E-state index contributed by atoms with van der Waals surface area (Å²) in [4.78, 5) is 0. The third-order valence-electron chi connectivity index (χ3n) is 2.90. The topological polar surface area (TPSA) is 64.7 Å². The van der Waals surface area contributed by atoms with Crippen molar-refractivity contribution in [3.05, 3.63) is 53.3 Å². The molecule has 0 aliphatic rings. The SMILES string of the molecule is COc1cc(CO)ccc1OCc1ccc(F)cc1N. The standard InChI is InChI=1S/C15H16FNO3/c1-19-15-6-10(8-18)2-5-14(15)20-9-11-3-4-12(16)7-13(11)17/h2-7,18H,8-9,17H2,1H3. The molecule has 0 aliphatic heterocycles. The Balaban J connectivity index is 2.14. The molecule has 2 aromatic rings. The molecular weight excluding hydrogens is 261 g/mol. The van der Waals surface area contributed by atoms with E-state index in [1.165, 1.54) is 19.2 Å². The highest BCUT2D eigenvalue weighted by atomic mass is 19.1. The number of methoxy groups -OCH3 is 1. The molecule has 0 fully saturated rings. The monoisotopic (exact) mass is 277 g/mol. The molecule has 0 aromatic heterocycles. The van der Waals surface area contributed by atoms with Gasteiger partial charge >= 0.3 is 0 Å². The zero-order valence-corrected chi connectivity index (χ0v) is 11.1. The van der Waals surface area contributed by atoms with E-state index in [4.69, 9.17) is 20.3 Å². The van der Waals surface area contributed by atoms with Crippen molar-refractivity contribution in [1.29, 1.82) is 0 Å². The summed E-state index contributed by atoms with van der Waals surface area (Å²) in [6.07, 6.45) is 0. The number of benzene rings is 2. The van der Waals surface area contributed by atoms with Crippen LogP contribution in [0.2, 0.25) is 0 Å². The second-order valence-electron chi connectivity index (χ2n) is 4.28. The van der Waals surface area contributed by atoms with Crippen molar-refractivity contribution in [2.24, 2.45) is 0 Å². The van der Waals surface area contributed by atoms with E-state index in [-0.39, 0.29) is 19.0 Å². The van der Waals surface area contributed by atoms with E-state index in [1.807, 2.05) is 0 Å². The summed E-state index contributed by atoms with van der Waals surface area (Å²) in [7, 11) is 1.52. The first kappa shape index (κ1) is 14.1. The largest absolute Gasteiger partial charge is 0.493 e. The predicted molar refractivity (Wildman–Crippen MR) is 74.1 cm³/mol. The van der Waals surface area contributed by atoms with E-state index in [1.54, 1.807) is 24.3 Å². The molecule has 0 heterocycles. The molecule has 0 atom stereocenters. The smallest absolute Gasteiger partial charge is 0.161 e. The molecule has 106 valence electrons. The van der Waals surface area contributed by atoms with Crippen LogP contribution in [0.4, 0.5) is 10.1 Å². The van der Waals surface area contributed by atoms with Crippen molar-refractivity contribution in [3.63, 3.8) is 0 Å². The van der Waals surface area contributed by atoms with Crippen LogP contribution in [0.15, 0.2) is 36.4 Å². The molecule has 3 N–H and O–H groups in total. The summed E-state index contributed by atoms with van der Waals surface area (Å²) >= 11 is 0. The maximum atomic E-state index is 12.9. The lowest BCUT2D eigenvalue weighted by Crippen LogP contribution is -2.02. The van der Waals surface area contributed by atoms with Gasteiger partial charge in [-0.15, -0.1) is 0 Å². The molecule has 20 heavy (non-hydrogen) atoms. The average molecular weight is 277 g/mol. The summed E-state index contributed by atoms with van der Waals surface area (Å²) in [5.41, 5.74) is 7.49. The van der Waals surface area contributed by atoms with E-state index in [0.29, 0.717) is 22.7 Å². The first-order valence-electron chi connectivity index (χ1n) is 6.08. The normalized spacial score (nSPS) is 10.3. The fourth-order valence-corrected chi connectivity index (χ4v) is 1.78. The van der Waals surface area contributed by atoms with Crippen molar-refractivity contribution in [3.8, 4) is 11.5 Å². The molecule has 0 radical (unpaired) electrons. The van der Waals surface area contributed by atoms with Gasteiger partial charge in [-0.1, -0.05) is 12.1 Å². The Morgan fingerprint density at radius 2 is 1.95 bits per heavy atom. The van der Waals surface area contributed by atoms with Crippen LogP contribution < -0.4 is 15.2 Å². The van der Waals surface area contributed by atoms with E-state index in [2.05, 4.69) is 0 Å². The number of anilines is 1. The third-order valence-corrected chi connectivity index (χ3v) is 2.90. The Hall–Kier alpha value is -2.27. The Morgan fingerprint density at radius 3 is 2.60 bits per heavy atom. The van der Waals surface area contributed by atoms with Crippen LogP contribution in [0, 0.1) is 5.82 Å². The van der Waals surface area contributed by atoms with Crippen molar-refractivity contribution in [1.82, 2.24) is 0 Å². The quantitative estimate of drug-likeness (QED) is 0.824. The number of rotatable bonds is 5. The molecule has 0 bridgehead atoms. The first-order valence-corrected chi connectivity index (χ1v) is 6.08. The van der Waals surface area contributed by atoms with Gasteiger partial charge in [0.15, 0.2) is 11.5 Å². The first-order chi connectivity index (χ1) is 9.63. The summed E-state index contributed by atoms with van der Waals surface area (Å²) in [6.45, 7) is 0.141. The molecule has 2 rings (SSSR count). The minimum atomic E-state index is -0.379. The zero-order valence-electron chi connectivity index (χ0n) is 11.1. The van der Waals surface area contributed by atoms with Gasteiger partial charge in [-0.2, -0.15) is 0 Å². The number of ether oxygens (including phenoxy) is 2. The van der Waals surface area contributed by atoms with Gasteiger partial charge in [-0.25, -0.2) is 4.39 Å². The number of aliphatic hydroxyl groups excluding tert-OH is 1. The predicted octanol–water partition coefficient (Wildman–Crippen LogP) is 2.49. The number of aliphatic hydroxyl groups is 1. The zero-order chi connectivity index (χ0) is 14.5. The number of nitrogens with two attached hydrogens (primary N) is 1. The highest BCUT2D eigenvalue weighted by molar-refractivity contribution is 5.47. The van der Waals surface area contributed by atoms with Crippen LogP contribution in [0.25, 0.3) is 0 Å². The van der Waals surface area contributed by atoms with Crippen molar-refractivity contribution in [2.75, 3.05) is 12.8 Å². The second-order valence-corrected chi connectivity index (χ2v) is 4.28. The van der Waals surface area contributed by atoms with Crippen LogP contribution in [0.3, 0.4) is 0 Å². The van der Waals surface area contributed by atoms with Crippen molar-refractivity contribution >= 4 is 5.69 Å². The van der Waals surface area contributed by atoms with Crippen LogP contribution in [0.1, 0.15) is 11.1 Å². The Morgan fingerprint density at radius 1 is 1.15 bits per heavy atom. The molecule has 0 saturated carbocycles. The van der Waals surface area contributed by atoms with Gasteiger partial charge in [0.25, 0.3) is 0 Å². The number of nitrogen functional groups attached to an aromatic ring is 1. The van der Waals surface area contributed by atoms with E-state index < -0.39 is 0 Å². The van der Waals surface area contributed by atoms with Gasteiger partial charge in [0, 0.05) is 11.3 Å². The Kier molecular flexibility index (Phi) is 4.42. The summed E-state index contributed by atoms with van der Waals surface area (Å²) in [6, 6.07) is 9.32. The molecule has 0 saturated heterocycles. The molecule has 5 heteroatoms. The van der Waals surface area contributed by atoms with Crippen molar-refractivity contribution in [2.45, 2.75) is 13.2 Å². The number of halogens is 1. The lowest BCUT2D eigenvalue weighted by atomic mass is 10.2. The molecule has 0 spiro atoms. The molecule has 2 aromatic carbocycles. The summed E-state index contributed by atoms with van der Waals surface area (Å²) in [5.74, 6) is 0.682. The number of hydrogen-bond acceptors (Lipinski definition) is 4. The van der Waals surface area contributed by atoms with Gasteiger partial charge in [0.05, 0.1) is 13.7 Å². The van der Waals surface area contributed by atoms with Crippen LogP contribution in [-0.4, -0.2) is 12.2 Å². The molecule has 0 unspecified atom stereocenters. The molecule has 0 amide bonds. The van der Waals surface area contributed by atoms with E-state index >= 15 is 0 Å². The third kappa shape index (κ3) is 3.19. The van der Waals surface area contributed by atoms with Crippen LogP contribution >= 0.6 is 0 Å². The van der Waals surface area contributed by atoms with Gasteiger partial charge in [0.2, 0.25) is 0 Å². The second kappa shape index (κ2) is 6.25. The number of hydrogen-bond donors (Lipinski definition) is 2. The van der Waals surface area contributed by atoms with Crippen molar-refractivity contribution < 1.29 is 19.0 Å². The molecular formula is C15H16FNO3. The average Bonchev–Trinajstić information content (AvgIpc) is 2.46. The molecule has 4 nitrogen and oxygen atoms in total. The van der Waals surface area contributed by atoms with Gasteiger partial charge < -0.3 is 20.3 Å². The van der Waals surface area contributed by atoms with E-state index in [0.717, 1.165) is 5.56 Å². The lowest BCUT2D eigenvalue weighted by Gasteiger charge is -2.12. The fourth-order valence-electron chi connectivity index (χ4n) is 1.78. The minimum Gasteiger partial charge on any atom is -0.493 e. The summed E-state index contributed by atoms with van der Waals surface area (Å²) in [5, 5.41) is 9.07. The lowest BCUT2D eigenvalue weighted by molar-refractivity contribution is 0.274. The van der Waals surface area contributed by atoms with Crippen LogP contribution in [0.5, 0.6) is 11.5 Å². The minimum absolute atomic E-state index is 0.0679. The highest BCUT2D eigenvalue weighted by Gasteiger charge is 2.07. The van der Waals surface area contributed by atoms with Gasteiger partial charge in [0.1, 0.15) is 12.4 Å².